The number of hydrogen-bond acceptors (Lipinski definition) is 4. The molecule has 0 atom stereocenters. The number of nitrogens with one attached hydrogen (secondary N) is 1. The molecule has 1 aromatic heterocycles. The summed E-state index contributed by atoms with van der Waals surface area (Å²) in [5.41, 5.74) is 1.41. The first kappa shape index (κ1) is 18.0. The monoisotopic (exact) mass is 412 g/mol. The van der Waals surface area contributed by atoms with Crippen LogP contribution in [-0.4, -0.2) is 17.5 Å². The molecule has 1 heterocycles. The number of halogens is 3. The maximum atomic E-state index is 12.0. The molecule has 0 saturated carbocycles. The lowest BCUT2D eigenvalue weighted by Gasteiger charge is -2.07. The number of carbonyl (C=O) groups excluding carboxylic acids is 1. The van der Waals surface area contributed by atoms with E-state index in [1.807, 2.05) is 0 Å². The smallest absolute Gasteiger partial charge is 0.264 e. The summed E-state index contributed by atoms with van der Waals surface area (Å²) in [6.07, 6.45) is 0. The fraction of sp³-hybridized carbons (Fsp3) is 0.0588. The molecule has 0 fully saturated rings. The molecule has 0 saturated heterocycles. The van der Waals surface area contributed by atoms with E-state index in [0.29, 0.717) is 31.6 Å². The molecule has 0 radical (unpaired) electrons. The molecule has 0 spiro atoms. The quantitative estimate of drug-likeness (QED) is 0.576. The third-order valence-corrected chi connectivity index (χ3v) is 4.77. The average Bonchev–Trinajstić information content (AvgIpc) is 3.02. The molecule has 0 unspecified atom stereocenters. The van der Waals surface area contributed by atoms with Crippen LogP contribution in [0.25, 0.3) is 11.3 Å². The zero-order chi connectivity index (χ0) is 17.8. The van der Waals surface area contributed by atoms with Crippen LogP contribution >= 0.6 is 46.1 Å². The van der Waals surface area contributed by atoms with E-state index in [-0.39, 0.29) is 12.5 Å². The van der Waals surface area contributed by atoms with Gasteiger partial charge in [0.05, 0.1) is 15.7 Å². The van der Waals surface area contributed by atoms with Gasteiger partial charge in [-0.2, -0.15) is 0 Å². The maximum absolute atomic E-state index is 12.0. The molecule has 4 nitrogen and oxygen atoms in total. The normalized spacial score (nSPS) is 10.5. The van der Waals surface area contributed by atoms with E-state index >= 15 is 0 Å². The lowest BCUT2D eigenvalue weighted by molar-refractivity contribution is -0.118. The predicted octanol–water partition coefficient (Wildman–Crippen LogP) is 5.79. The molecule has 0 aliphatic rings. The van der Waals surface area contributed by atoms with Crippen molar-refractivity contribution in [2.24, 2.45) is 0 Å². The molecule has 0 aliphatic carbocycles. The number of aromatic nitrogens is 1. The van der Waals surface area contributed by atoms with Gasteiger partial charge in [-0.1, -0.05) is 46.9 Å². The van der Waals surface area contributed by atoms with Crippen molar-refractivity contribution in [3.8, 4) is 17.0 Å². The Bertz CT molecular complexity index is 914. The first-order valence-electron chi connectivity index (χ1n) is 7.11. The maximum Gasteiger partial charge on any atom is 0.264 e. The van der Waals surface area contributed by atoms with Crippen LogP contribution in [0.4, 0.5) is 5.13 Å². The average molecular weight is 414 g/mol. The third kappa shape index (κ3) is 4.64. The molecule has 8 heteroatoms. The highest BCUT2D eigenvalue weighted by atomic mass is 35.5. The van der Waals surface area contributed by atoms with Crippen molar-refractivity contribution >= 4 is 57.2 Å². The first-order chi connectivity index (χ1) is 12.0. The van der Waals surface area contributed by atoms with Gasteiger partial charge in [0.15, 0.2) is 11.7 Å². The van der Waals surface area contributed by atoms with Crippen molar-refractivity contribution in [3.05, 3.63) is 62.9 Å². The van der Waals surface area contributed by atoms with Crippen LogP contribution in [-0.2, 0) is 4.79 Å². The number of anilines is 1. The Labute approximate surface area is 163 Å². The SMILES string of the molecule is O=C(COc1ccccc1Cl)Nc1nc(-c2ccc(Cl)cc2Cl)cs1. The number of thiazole rings is 1. The Morgan fingerprint density at radius 1 is 1.12 bits per heavy atom. The molecule has 0 aliphatic heterocycles. The molecule has 2 aromatic carbocycles. The number of amides is 1. The predicted molar refractivity (Wildman–Crippen MR) is 103 cm³/mol. The second kappa shape index (κ2) is 8.06. The van der Waals surface area contributed by atoms with Gasteiger partial charge in [0, 0.05) is 16.0 Å². The molecule has 3 aromatic rings. The van der Waals surface area contributed by atoms with E-state index in [4.69, 9.17) is 39.5 Å². The number of carbonyl (C=O) groups is 1. The molecule has 1 amide bonds. The fourth-order valence-electron chi connectivity index (χ4n) is 2.01. The number of nitrogens with zero attached hydrogens (tertiary/aromatic N) is 1. The number of hydrogen-bond donors (Lipinski definition) is 1. The van der Waals surface area contributed by atoms with Gasteiger partial charge < -0.3 is 4.74 Å². The lowest BCUT2D eigenvalue weighted by atomic mass is 10.2. The van der Waals surface area contributed by atoms with Gasteiger partial charge in [0.1, 0.15) is 5.75 Å². The summed E-state index contributed by atoms with van der Waals surface area (Å²) in [6, 6.07) is 12.1. The first-order valence-corrected chi connectivity index (χ1v) is 9.12. The van der Waals surface area contributed by atoms with Gasteiger partial charge in [0.25, 0.3) is 5.91 Å². The van der Waals surface area contributed by atoms with E-state index in [1.165, 1.54) is 11.3 Å². The van der Waals surface area contributed by atoms with Gasteiger partial charge in [0.2, 0.25) is 0 Å². The molecule has 0 bridgehead atoms. The van der Waals surface area contributed by atoms with Crippen LogP contribution in [0, 0.1) is 0 Å². The topological polar surface area (TPSA) is 51.2 Å². The van der Waals surface area contributed by atoms with E-state index in [2.05, 4.69) is 10.3 Å². The van der Waals surface area contributed by atoms with Crippen molar-refractivity contribution in [1.29, 1.82) is 0 Å². The summed E-state index contributed by atoms with van der Waals surface area (Å²) < 4.78 is 5.39. The Hall–Kier alpha value is -1.79. The second-order valence-corrected chi connectivity index (χ2v) is 7.04. The van der Waals surface area contributed by atoms with Crippen molar-refractivity contribution in [2.45, 2.75) is 0 Å². The van der Waals surface area contributed by atoms with Crippen molar-refractivity contribution in [2.75, 3.05) is 11.9 Å². The Kier molecular flexibility index (Phi) is 5.81. The van der Waals surface area contributed by atoms with Crippen LogP contribution in [0.2, 0.25) is 15.1 Å². The van der Waals surface area contributed by atoms with E-state index in [9.17, 15) is 4.79 Å². The molecule has 25 heavy (non-hydrogen) atoms. The Balaban J connectivity index is 1.63. The molecule has 3 rings (SSSR count). The van der Waals surface area contributed by atoms with Gasteiger partial charge in [-0.15, -0.1) is 11.3 Å². The highest BCUT2D eigenvalue weighted by molar-refractivity contribution is 7.14. The van der Waals surface area contributed by atoms with Gasteiger partial charge >= 0.3 is 0 Å². The molecular weight excluding hydrogens is 403 g/mol. The largest absolute Gasteiger partial charge is 0.482 e. The van der Waals surface area contributed by atoms with Gasteiger partial charge in [-0.3, -0.25) is 10.1 Å². The van der Waals surface area contributed by atoms with E-state index in [1.54, 1.807) is 47.8 Å². The minimum Gasteiger partial charge on any atom is -0.482 e. The highest BCUT2D eigenvalue weighted by Crippen LogP contribution is 2.32. The number of ether oxygens (including phenoxy) is 1. The zero-order valence-corrected chi connectivity index (χ0v) is 15.7. The number of benzene rings is 2. The van der Waals surface area contributed by atoms with Crippen molar-refractivity contribution in [3.63, 3.8) is 0 Å². The third-order valence-electron chi connectivity index (χ3n) is 3.15. The standard InChI is InChI=1S/C17H11Cl3N2O2S/c18-10-5-6-11(13(20)7-10)14-9-25-17(21-14)22-16(23)8-24-15-4-2-1-3-12(15)19/h1-7,9H,8H2,(H,21,22,23). The number of rotatable bonds is 5. The van der Waals surface area contributed by atoms with Crippen molar-refractivity contribution < 1.29 is 9.53 Å². The van der Waals surface area contributed by atoms with Crippen LogP contribution in [0.15, 0.2) is 47.8 Å². The summed E-state index contributed by atoms with van der Waals surface area (Å²) in [5, 5.41) is 6.44. The molecule has 1 N–H and O–H groups in total. The van der Waals surface area contributed by atoms with Crippen LogP contribution in [0.3, 0.4) is 0 Å². The molecular formula is C17H11Cl3N2O2S. The minimum absolute atomic E-state index is 0.166. The van der Waals surface area contributed by atoms with E-state index in [0.717, 1.165) is 5.56 Å². The van der Waals surface area contributed by atoms with Crippen LogP contribution in [0.1, 0.15) is 0 Å². The second-order valence-electron chi connectivity index (χ2n) is 4.93. The van der Waals surface area contributed by atoms with Crippen LogP contribution in [0.5, 0.6) is 5.75 Å². The number of para-hydroxylation sites is 1. The summed E-state index contributed by atoms with van der Waals surface area (Å²) in [7, 11) is 0. The summed E-state index contributed by atoms with van der Waals surface area (Å²) >= 11 is 19.3. The van der Waals surface area contributed by atoms with Crippen LogP contribution < -0.4 is 10.1 Å². The Morgan fingerprint density at radius 3 is 2.68 bits per heavy atom. The van der Waals surface area contributed by atoms with E-state index < -0.39 is 0 Å². The zero-order valence-electron chi connectivity index (χ0n) is 12.6. The summed E-state index contributed by atoms with van der Waals surface area (Å²) in [4.78, 5) is 16.4. The minimum atomic E-state index is -0.331. The Morgan fingerprint density at radius 2 is 1.92 bits per heavy atom. The molecule has 128 valence electrons. The lowest BCUT2D eigenvalue weighted by Crippen LogP contribution is -2.20. The summed E-state index contributed by atoms with van der Waals surface area (Å²) in [6.45, 7) is -0.166. The van der Waals surface area contributed by atoms with Crippen molar-refractivity contribution in [1.82, 2.24) is 4.98 Å². The van der Waals surface area contributed by atoms with Gasteiger partial charge in [-0.05, 0) is 30.3 Å². The summed E-state index contributed by atoms with van der Waals surface area (Å²) in [5.74, 6) is 0.120. The fourth-order valence-corrected chi connectivity index (χ4v) is 3.43. The highest BCUT2D eigenvalue weighted by Gasteiger charge is 2.12. The van der Waals surface area contributed by atoms with Gasteiger partial charge in [-0.25, -0.2) is 4.98 Å².